The maximum Gasteiger partial charge on any atom is 0.123 e. The van der Waals surface area contributed by atoms with Gasteiger partial charge in [-0.15, -0.1) is 0 Å². The molecule has 2 aliphatic heterocycles. The molecule has 184 valence electrons. The minimum absolute atomic E-state index is 0.109. The van der Waals surface area contributed by atoms with Gasteiger partial charge in [0.15, 0.2) is 0 Å². The van der Waals surface area contributed by atoms with Crippen LogP contribution in [0.15, 0.2) is 72.8 Å². The molecule has 4 heteroatoms. The molecule has 4 nitrogen and oxygen atoms in total. The van der Waals surface area contributed by atoms with E-state index in [1.165, 1.54) is 62.9 Å². The number of unbranched alkanes of at least 4 members (excludes halogenated alkanes) is 3. The van der Waals surface area contributed by atoms with Gasteiger partial charge in [-0.2, -0.15) is 0 Å². The van der Waals surface area contributed by atoms with Crippen LogP contribution in [0.1, 0.15) is 67.1 Å². The van der Waals surface area contributed by atoms with Crippen LogP contribution in [0.25, 0.3) is 0 Å². The lowest BCUT2D eigenvalue weighted by molar-refractivity contribution is 0.248. The number of benzene rings is 3. The van der Waals surface area contributed by atoms with Crippen molar-refractivity contribution in [3.8, 4) is 17.2 Å². The molecule has 3 aromatic carbocycles. The Morgan fingerprint density at radius 3 is 2.40 bits per heavy atom. The van der Waals surface area contributed by atoms with Gasteiger partial charge in [-0.25, -0.2) is 0 Å². The van der Waals surface area contributed by atoms with Crippen LogP contribution in [0, 0.1) is 0 Å². The average Bonchev–Trinajstić information content (AvgIpc) is 3.42. The molecule has 0 aromatic heterocycles. The molecule has 0 spiro atoms. The van der Waals surface area contributed by atoms with E-state index in [0.29, 0.717) is 6.61 Å². The van der Waals surface area contributed by atoms with Crippen LogP contribution < -0.4 is 9.47 Å². The summed E-state index contributed by atoms with van der Waals surface area (Å²) in [5.74, 6) is 2.33. The predicted octanol–water partition coefficient (Wildman–Crippen LogP) is 6.74. The molecule has 1 fully saturated rings. The molecule has 0 radical (unpaired) electrons. The van der Waals surface area contributed by atoms with Gasteiger partial charge in [0.25, 0.3) is 0 Å². The average molecular weight is 472 g/mol. The van der Waals surface area contributed by atoms with E-state index < -0.39 is 0 Å². The fourth-order valence-electron chi connectivity index (χ4n) is 5.56. The Labute approximate surface area is 209 Å². The van der Waals surface area contributed by atoms with Crippen molar-refractivity contribution in [1.82, 2.24) is 4.90 Å². The lowest BCUT2D eigenvalue weighted by Crippen LogP contribution is -2.25. The Hall–Kier alpha value is -2.98. The summed E-state index contributed by atoms with van der Waals surface area (Å²) in [4.78, 5) is 2.60. The minimum atomic E-state index is 0.109. The number of phenolic OH excluding ortho intramolecular Hbond substituents is 1. The largest absolute Gasteiger partial charge is 0.508 e. The van der Waals surface area contributed by atoms with Gasteiger partial charge >= 0.3 is 0 Å². The van der Waals surface area contributed by atoms with Crippen LogP contribution in [0.3, 0.4) is 0 Å². The fraction of sp³-hybridized carbons (Fsp3) is 0.419. The molecule has 0 aliphatic carbocycles. The van der Waals surface area contributed by atoms with Crippen molar-refractivity contribution in [3.05, 3.63) is 89.5 Å². The topological polar surface area (TPSA) is 41.9 Å². The highest BCUT2D eigenvalue weighted by molar-refractivity contribution is 5.51. The first-order chi connectivity index (χ1) is 17.3. The third kappa shape index (κ3) is 5.99. The number of likely N-dealkylation sites (tertiary alicyclic amines) is 1. The number of phenols is 1. The Balaban J connectivity index is 1.20. The standard InChI is InChI=1S/C31H37NO3/c33-26-14-17-30-28(22-26)31(29(23-35-30)24-10-4-3-5-11-24)25-12-15-27(16-13-25)34-21-9-2-1-6-18-32-19-7-8-20-32/h3-5,10-17,22,29,31,33H,1-2,6-9,18-21,23H2/t29-,31-/m0/s1. The van der Waals surface area contributed by atoms with E-state index in [1.807, 2.05) is 18.2 Å². The van der Waals surface area contributed by atoms with E-state index >= 15 is 0 Å². The van der Waals surface area contributed by atoms with Gasteiger partial charge < -0.3 is 19.5 Å². The summed E-state index contributed by atoms with van der Waals surface area (Å²) in [6, 6.07) is 24.5. The summed E-state index contributed by atoms with van der Waals surface area (Å²) < 4.78 is 12.2. The van der Waals surface area contributed by atoms with E-state index in [9.17, 15) is 5.11 Å². The molecule has 1 saturated heterocycles. The molecule has 5 rings (SSSR count). The molecule has 3 aromatic rings. The van der Waals surface area contributed by atoms with Crippen LogP contribution in [-0.4, -0.2) is 42.9 Å². The van der Waals surface area contributed by atoms with Crippen molar-refractivity contribution in [3.63, 3.8) is 0 Å². The Kier molecular flexibility index (Phi) is 7.89. The second-order valence-corrected chi connectivity index (χ2v) is 9.91. The number of nitrogens with zero attached hydrogens (tertiary/aromatic N) is 1. The maximum atomic E-state index is 10.2. The van der Waals surface area contributed by atoms with Crippen molar-refractivity contribution in [1.29, 1.82) is 0 Å². The molecule has 1 N–H and O–H groups in total. The zero-order valence-electron chi connectivity index (χ0n) is 20.6. The van der Waals surface area contributed by atoms with E-state index in [1.54, 1.807) is 6.07 Å². The molecule has 0 unspecified atom stereocenters. The van der Waals surface area contributed by atoms with Gasteiger partial charge in [0, 0.05) is 17.4 Å². The SMILES string of the molecule is Oc1ccc2c(c1)[C@H](c1ccc(OCCCCCCN3CCCC3)cc1)[C@H](c1ccccc1)CO2. The molecule has 0 amide bonds. The van der Waals surface area contributed by atoms with Gasteiger partial charge in [-0.05, 0) is 86.8 Å². The van der Waals surface area contributed by atoms with E-state index in [-0.39, 0.29) is 17.6 Å². The molecular weight excluding hydrogens is 434 g/mol. The first-order valence-electron chi connectivity index (χ1n) is 13.2. The number of ether oxygens (including phenoxy) is 2. The molecule has 2 aliphatic rings. The molecule has 35 heavy (non-hydrogen) atoms. The zero-order valence-corrected chi connectivity index (χ0v) is 20.6. The molecule has 0 bridgehead atoms. The van der Waals surface area contributed by atoms with Crippen LogP contribution >= 0.6 is 0 Å². The van der Waals surface area contributed by atoms with Crippen LogP contribution in [0.5, 0.6) is 17.2 Å². The minimum Gasteiger partial charge on any atom is -0.508 e. The highest BCUT2D eigenvalue weighted by Gasteiger charge is 2.33. The molecule has 0 saturated carbocycles. The Morgan fingerprint density at radius 2 is 1.60 bits per heavy atom. The van der Waals surface area contributed by atoms with E-state index in [4.69, 9.17) is 9.47 Å². The maximum absolute atomic E-state index is 10.2. The summed E-state index contributed by atoms with van der Waals surface area (Å²) >= 11 is 0. The van der Waals surface area contributed by atoms with E-state index in [0.717, 1.165) is 30.1 Å². The summed E-state index contributed by atoms with van der Waals surface area (Å²) in [5.41, 5.74) is 3.49. The van der Waals surface area contributed by atoms with Crippen molar-refractivity contribution < 1.29 is 14.6 Å². The first-order valence-corrected chi connectivity index (χ1v) is 13.2. The summed E-state index contributed by atoms with van der Waals surface area (Å²) in [7, 11) is 0. The number of aromatic hydroxyl groups is 1. The monoisotopic (exact) mass is 471 g/mol. The van der Waals surface area contributed by atoms with Gasteiger partial charge in [0.1, 0.15) is 17.2 Å². The van der Waals surface area contributed by atoms with Gasteiger partial charge in [0.05, 0.1) is 13.2 Å². The molecular formula is C31H37NO3. The number of hydrogen-bond donors (Lipinski definition) is 1. The second kappa shape index (κ2) is 11.6. The van der Waals surface area contributed by atoms with Gasteiger partial charge in [0.2, 0.25) is 0 Å². The van der Waals surface area contributed by atoms with Gasteiger partial charge in [-0.1, -0.05) is 55.3 Å². The Bertz CT molecular complexity index is 1060. The quantitative estimate of drug-likeness (QED) is 0.333. The van der Waals surface area contributed by atoms with Crippen molar-refractivity contribution in [2.24, 2.45) is 0 Å². The molecule has 2 heterocycles. The number of hydrogen-bond acceptors (Lipinski definition) is 4. The van der Waals surface area contributed by atoms with Crippen molar-refractivity contribution in [2.75, 3.05) is 32.8 Å². The smallest absolute Gasteiger partial charge is 0.123 e. The van der Waals surface area contributed by atoms with Crippen LogP contribution in [-0.2, 0) is 0 Å². The fourth-order valence-corrected chi connectivity index (χ4v) is 5.56. The third-order valence-electron chi connectivity index (χ3n) is 7.45. The zero-order chi connectivity index (χ0) is 23.9. The highest BCUT2D eigenvalue weighted by atomic mass is 16.5. The lowest BCUT2D eigenvalue weighted by atomic mass is 9.76. The summed E-state index contributed by atoms with van der Waals surface area (Å²) in [6.07, 6.45) is 7.68. The van der Waals surface area contributed by atoms with Gasteiger partial charge in [-0.3, -0.25) is 0 Å². The first kappa shape index (κ1) is 23.7. The van der Waals surface area contributed by atoms with Crippen LogP contribution in [0.2, 0.25) is 0 Å². The predicted molar refractivity (Wildman–Crippen MR) is 141 cm³/mol. The van der Waals surface area contributed by atoms with Crippen molar-refractivity contribution >= 4 is 0 Å². The second-order valence-electron chi connectivity index (χ2n) is 9.91. The third-order valence-corrected chi connectivity index (χ3v) is 7.45. The molecule has 2 atom stereocenters. The number of fused-ring (bicyclic) bond motifs is 1. The number of rotatable bonds is 10. The lowest BCUT2D eigenvalue weighted by Gasteiger charge is -2.34. The normalized spacial score (nSPS) is 19.8. The van der Waals surface area contributed by atoms with E-state index in [2.05, 4.69) is 53.4 Å². The van der Waals surface area contributed by atoms with Crippen molar-refractivity contribution in [2.45, 2.75) is 50.4 Å². The Morgan fingerprint density at radius 1 is 0.829 bits per heavy atom. The summed E-state index contributed by atoms with van der Waals surface area (Å²) in [5, 5.41) is 10.2. The van der Waals surface area contributed by atoms with Crippen LogP contribution in [0.4, 0.5) is 0 Å². The summed E-state index contributed by atoms with van der Waals surface area (Å²) in [6.45, 7) is 5.24. The highest BCUT2D eigenvalue weighted by Crippen LogP contribution is 2.47.